The Morgan fingerprint density at radius 1 is 1.33 bits per heavy atom. The van der Waals surface area contributed by atoms with Gasteiger partial charge in [-0.15, -0.1) is 0 Å². The second kappa shape index (κ2) is 6.62. The normalized spacial score (nSPS) is 10.9. The van der Waals surface area contributed by atoms with Gasteiger partial charge in [0.1, 0.15) is 0 Å². The second-order valence-corrected chi connectivity index (χ2v) is 4.23. The van der Waals surface area contributed by atoms with Crippen LogP contribution in [0.15, 0.2) is 24.3 Å². The summed E-state index contributed by atoms with van der Waals surface area (Å²) in [5, 5.41) is 3.41. The summed E-state index contributed by atoms with van der Waals surface area (Å²) in [5.74, 6) is 0.618. The van der Waals surface area contributed by atoms with Crippen LogP contribution in [-0.2, 0) is 6.54 Å². The lowest BCUT2D eigenvalue weighted by Crippen LogP contribution is -2.14. The van der Waals surface area contributed by atoms with E-state index in [0.717, 1.165) is 19.5 Å². The average Bonchev–Trinajstić information content (AvgIpc) is 2.25. The lowest BCUT2D eigenvalue weighted by molar-refractivity contribution is 0.719. The minimum absolute atomic E-state index is 0.618. The molecule has 0 aromatic heterocycles. The highest BCUT2D eigenvalue weighted by atomic mass is 14.8. The molecule has 1 heteroatoms. The van der Waals surface area contributed by atoms with Crippen LogP contribution in [-0.4, -0.2) is 6.54 Å². The maximum atomic E-state index is 3.41. The second-order valence-electron chi connectivity index (χ2n) is 4.23. The number of rotatable bonds is 6. The van der Waals surface area contributed by atoms with E-state index in [1.165, 1.54) is 11.1 Å². The van der Waals surface area contributed by atoms with E-state index >= 15 is 0 Å². The van der Waals surface area contributed by atoms with E-state index in [1.54, 1.807) is 0 Å². The molecule has 0 saturated carbocycles. The molecule has 0 fully saturated rings. The molecule has 0 unspecified atom stereocenters. The number of unbranched alkanes of at least 4 members (excludes halogenated alkanes) is 1. The third kappa shape index (κ3) is 4.48. The topological polar surface area (TPSA) is 12.0 Å². The van der Waals surface area contributed by atoms with Crippen LogP contribution in [0.4, 0.5) is 0 Å². The molecule has 0 atom stereocenters. The zero-order valence-corrected chi connectivity index (χ0v) is 10.1. The number of nitrogens with one attached hydrogen (secondary N) is 1. The molecule has 0 bridgehead atoms. The van der Waals surface area contributed by atoms with E-state index in [4.69, 9.17) is 0 Å². The van der Waals surface area contributed by atoms with Crippen molar-refractivity contribution in [3.63, 3.8) is 0 Å². The van der Waals surface area contributed by atoms with Gasteiger partial charge < -0.3 is 5.32 Å². The first-order valence-electron chi connectivity index (χ1n) is 5.85. The Morgan fingerprint density at radius 3 is 2.80 bits per heavy atom. The highest BCUT2D eigenvalue weighted by Gasteiger charge is 1.99. The number of benzene rings is 1. The molecule has 1 rings (SSSR count). The molecular weight excluding hydrogens is 182 g/mol. The minimum Gasteiger partial charge on any atom is -0.312 e. The predicted octanol–water partition coefficient (Wildman–Crippen LogP) is 3.51. The van der Waals surface area contributed by atoms with Crippen molar-refractivity contribution < 1.29 is 0 Å². The third-order valence-electron chi connectivity index (χ3n) is 2.52. The Kier molecular flexibility index (Phi) is 5.41. The van der Waals surface area contributed by atoms with Crippen molar-refractivity contribution >= 4 is 0 Å². The van der Waals surface area contributed by atoms with Gasteiger partial charge in [0.25, 0.3) is 0 Å². The van der Waals surface area contributed by atoms with Crippen LogP contribution >= 0.6 is 0 Å². The van der Waals surface area contributed by atoms with Gasteiger partial charge >= 0.3 is 0 Å². The van der Waals surface area contributed by atoms with Gasteiger partial charge in [-0.05, 0) is 30.0 Å². The molecule has 1 aromatic carbocycles. The Balaban J connectivity index is 2.43. The van der Waals surface area contributed by atoms with E-state index in [2.05, 4.69) is 56.8 Å². The zero-order chi connectivity index (χ0) is 11.1. The van der Waals surface area contributed by atoms with E-state index in [0.29, 0.717) is 5.92 Å². The average molecular weight is 204 g/mol. The molecule has 0 aliphatic heterocycles. The smallest absolute Gasteiger partial charge is 0.0205 e. The van der Waals surface area contributed by atoms with Crippen LogP contribution in [0.25, 0.3) is 0 Å². The Labute approximate surface area is 93.9 Å². The molecule has 0 amide bonds. The Hall–Kier alpha value is -0.820. The zero-order valence-electron chi connectivity index (χ0n) is 10.1. The van der Waals surface area contributed by atoms with Crippen molar-refractivity contribution in [2.75, 3.05) is 6.54 Å². The van der Waals surface area contributed by atoms with Crippen LogP contribution < -0.4 is 5.32 Å². The van der Waals surface area contributed by atoms with Crippen LogP contribution in [0.1, 0.15) is 44.2 Å². The molecule has 15 heavy (non-hydrogen) atoms. The quantitative estimate of drug-likeness (QED) is 0.699. The SMILES string of the molecule is CC[CH]CNCc1cccc(C(C)C)c1. The van der Waals surface area contributed by atoms with E-state index in [-0.39, 0.29) is 0 Å². The summed E-state index contributed by atoms with van der Waals surface area (Å²) < 4.78 is 0. The van der Waals surface area contributed by atoms with E-state index < -0.39 is 0 Å². The summed E-state index contributed by atoms with van der Waals surface area (Å²) in [6, 6.07) is 8.83. The van der Waals surface area contributed by atoms with Crippen LogP contribution in [0.3, 0.4) is 0 Å². The molecule has 0 spiro atoms. The van der Waals surface area contributed by atoms with E-state index in [1.807, 2.05) is 0 Å². The third-order valence-corrected chi connectivity index (χ3v) is 2.52. The largest absolute Gasteiger partial charge is 0.312 e. The van der Waals surface area contributed by atoms with Crippen molar-refractivity contribution in [3.8, 4) is 0 Å². The molecule has 1 aromatic rings. The Morgan fingerprint density at radius 2 is 2.13 bits per heavy atom. The highest BCUT2D eigenvalue weighted by Crippen LogP contribution is 2.15. The fourth-order valence-corrected chi connectivity index (χ4v) is 1.53. The van der Waals surface area contributed by atoms with Crippen molar-refractivity contribution in [2.45, 2.75) is 39.7 Å². The summed E-state index contributed by atoms with van der Waals surface area (Å²) in [4.78, 5) is 0. The number of hydrogen-bond acceptors (Lipinski definition) is 1. The lowest BCUT2D eigenvalue weighted by atomic mass is 10.0. The van der Waals surface area contributed by atoms with Crippen molar-refractivity contribution in [2.24, 2.45) is 0 Å². The first-order chi connectivity index (χ1) is 7.24. The van der Waals surface area contributed by atoms with Gasteiger partial charge in [0, 0.05) is 6.54 Å². The molecule has 83 valence electrons. The maximum absolute atomic E-state index is 3.41. The van der Waals surface area contributed by atoms with Crippen molar-refractivity contribution in [1.29, 1.82) is 0 Å². The highest BCUT2D eigenvalue weighted by molar-refractivity contribution is 5.25. The minimum atomic E-state index is 0.618. The summed E-state index contributed by atoms with van der Waals surface area (Å²) in [5.41, 5.74) is 2.81. The lowest BCUT2D eigenvalue weighted by Gasteiger charge is -2.08. The molecule has 0 heterocycles. The molecule has 0 aliphatic carbocycles. The Bertz CT molecular complexity index is 278. The number of hydrogen-bond donors (Lipinski definition) is 1. The molecular formula is C14H22N. The standard InChI is InChI=1S/C14H22N/c1-4-5-9-15-11-13-7-6-8-14(10-13)12(2)3/h5-8,10,12,15H,4,9,11H2,1-3H3. The van der Waals surface area contributed by atoms with E-state index in [9.17, 15) is 0 Å². The van der Waals surface area contributed by atoms with Crippen LogP contribution in [0.5, 0.6) is 0 Å². The van der Waals surface area contributed by atoms with Crippen LogP contribution in [0, 0.1) is 6.42 Å². The van der Waals surface area contributed by atoms with Crippen LogP contribution in [0.2, 0.25) is 0 Å². The van der Waals surface area contributed by atoms with Gasteiger partial charge in [0.2, 0.25) is 0 Å². The summed E-state index contributed by atoms with van der Waals surface area (Å²) >= 11 is 0. The molecule has 0 saturated heterocycles. The summed E-state index contributed by atoms with van der Waals surface area (Å²) in [7, 11) is 0. The monoisotopic (exact) mass is 204 g/mol. The fourth-order valence-electron chi connectivity index (χ4n) is 1.53. The van der Waals surface area contributed by atoms with Gasteiger partial charge in [0.15, 0.2) is 0 Å². The first-order valence-corrected chi connectivity index (χ1v) is 5.85. The molecule has 0 aliphatic rings. The summed E-state index contributed by atoms with van der Waals surface area (Å²) in [6.07, 6.45) is 3.39. The molecule has 1 nitrogen and oxygen atoms in total. The first kappa shape index (κ1) is 12.3. The van der Waals surface area contributed by atoms with Gasteiger partial charge in [-0.1, -0.05) is 51.5 Å². The summed E-state index contributed by atoms with van der Waals surface area (Å²) in [6.45, 7) is 8.61. The maximum Gasteiger partial charge on any atom is 0.0205 e. The fraction of sp³-hybridized carbons (Fsp3) is 0.500. The predicted molar refractivity (Wildman–Crippen MR) is 66.8 cm³/mol. The van der Waals surface area contributed by atoms with Gasteiger partial charge in [-0.25, -0.2) is 0 Å². The molecule has 1 N–H and O–H groups in total. The van der Waals surface area contributed by atoms with Gasteiger partial charge in [0.05, 0.1) is 0 Å². The van der Waals surface area contributed by atoms with Crippen molar-refractivity contribution in [3.05, 3.63) is 41.8 Å². The molecule has 1 radical (unpaired) electrons. The van der Waals surface area contributed by atoms with Gasteiger partial charge in [-0.2, -0.15) is 0 Å². The van der Waals surface area contributed by atoms with Crippen molar-refractivity contribution in [1.82, 2.24) is 5.32 Å². The van der Waals surface area contributed by atoms with Gasteiger partial charge in [-0.3, -0.25) is 0 Å².